The topological polar surface area (TPSA) is 52.6 Å². The van der Waals surface area contributed by atoms with E-state index in [1.807, 2.05) is 13.1 Å². The second-order valence-electron chi connectivity index (χ2n) is 7.48. The molecule has 23 heavy (non-hydrogen) atoms. The van der Waals surface area contributed by atoms with Gasteiger partial charge < -0.3 is 14.7 Å². The van der Waals surface area contributed by atoms with Gasteiger partial charge in [0.2, 0.25) is 5.91 Å². The molecule has 0 spiro atoms. The number of hydrogen-bond donors (Lipinski definition) is 0. The number of amides is 1. The van der Waals surface area contributed by atoms with Crippen LogP contribution in [-0.2, 0) is 4.79 Å². The minimum atomic E-state index is 0.146. The predicted octanol–water partition coefficient (Wildman–Crippen LogP) is 1.77. The number of aromatic nitrogens is 2. The second kappa shape index (κ2) is 6.34. The van der Waals surface area contributed by atoms with Gasteiger partial charge in [-0.15, -0.1) is 0 Å². The van der Waals surface area contributed by atoms with Gasteiger partial charge in [0.25, 0.3) is 0 Å². The van der Waals surface area contributed by atoms with Gasteiger partial charge in [-0.1, -0.05) is 13.8 Å². The Balaban J connectivity index is 1.73. The highest BCUT2D eigenvalue weighted by Gasteiger charge is 2.25. The van der Waals surface area contributed by atoms with E-state index in [1.165, 1.54) is 19.3 Å². The second-order valence-corrected chi connectivity index (χ2v) is 7.48. The van der Waals surface area contributed by atoms with E-state index in [1.54, 1.807) is 11.2 Å². The van der Waals surface area contributed by atoms with Gasteiger partial charge >= 0.3 is 0 Å². The van der Waals surface area contributed by atoms with Crippen molar-refractivity contribution in [2.24, 2.45) is 5.41 Å². The van der Waals surface area contributed by atoms with Crippen LogP contribution in [0.5, 0.6) is 0 Å². The number of carbonyl (C=O) groups is 1. The highest BCUT2D eigenvalue weighted by molar-refractivity contribution is 5.82. The molecule has 0 bridgehead atoms. The third-order valence-electron chi connectivity index (χ3n) is 5.08. The maximum Gasteiger partial charge on any atom is 0.241 e. The molecular formula is C17H27N5O. The fourth-order valence-corrected chi connectivity index (χ4v) is 3.29. The minimum Gasteiger partial charge on any atom is -0.356 e. The molecular weight excluding hydrogens is 290 g/mol. The molecule has 3 heterocycles. The molecule has 0 atom stereocenters. The highest BCUT2D eigenvalue weighted by atomic mass is 16.2. The predicted molar refractivity (Wildman–Crippen MR) is 91.7 cm³/mol. The zero-order valence-corrected chi connectivity index (χ0v) is 14.5. The first-order valence-corrected chi connectivity index (χ1v) is 8.50. The lowest BCUT2D eigenvalue weighted by molar-refractivity contribution is -0.129. The van der Waals surface area contributed by atoms with Gasteiger partial charge in [-0.2, -0.15) is 0 Å². The first-order valence-electron chi connectivity index (χ1n) is 8.50. The summed E-state index contributed by atoms with van der Waals surface area (Å²) < 4.78 is 0. The Bertz CT molecular complexity index is 574. The van der Waals surface area contributed by atoms with Gasteiger partial charge in [0.05, 0.1) is 6.54 Å². The summed E-state index contributed by atoms with van der Waals surface area (Å²) in [7, 11) is 1.85. The molecule has 1 aromatic rings. The van der Waals surface area contributed by atoms with E-state index < -0.39 is 0 Å². The number of nitrogens with zero attached hydrogens (tertiary/aromatic N) is 5. The maximum absolute atomic E-state index is 11.9. The van der Waals surface area contributed by atoms with Crippen molar-refractivity contribution in [3.8, 4) is 0 Å². The van der Waals surface area contributed by atoms with Crippen molar-refractivity contribution in [3.63, 3.8) is 0 Å². The molecule has 0 N–H and O–H groups in total. The quantitative estimate of drug-likeness (QED) is 0.832. The first kappa shape index (κ1) is 16.0. The average Bonchev–Trinajstić information content (AvgIpc) is 2.71. The van der Waals surface area contributed by atoms with Gasteiger partial charge in [0.1, 0.15) is 18.0 Å². The summed E-state index contributed by atoms with van der Waals surface area (Å²) in [5.41, 5.74) is 0.411. The number of rotatable bonds is 2. The molecule has 2 aliphatic rings. The minimum absolute atomic E-state index is 0.146. The molecule has 2 aliphatic heterocycles. The van der Waals surface area contributed by atoms with Gasteiger partial charge in [-0.25, -0.2) is 9.97 Å². The monoisotopic (exact) mass is 317 g/mol. The molecule has 0 radical (unpaired) electrons. The summed E-state index contributed by atoms with van der Waals surface area (Å²) in [6, 6.07) is 2.04. The molecule has 0 saturated carbocycles. The smallest absolute Gasteiger partial charge is 0.241 e. The lowest BCUT2D eigenvalue weighted by Gasteiger charge is -2.33. The van der Waals surface area contributed by atoms with Gasteiger partial charge in [-0.3, -0.25) is 4.79 Å². The van der Waals surface area contributed by atoms with Crippen molar-refractivity contribution >= 4 is 17.5 Å². The summed E-state index contributed by atoms with van der Waals surface area (Å²) in [5.74, 6) is 1.99. The van der Waals surface area contributed by atoms with Crippen LogP contribution in [0, 0.1) is 5.41 Å². The van der Waals surface area contributed by atoms with Crippen molar-refractivity contribution in [2.45, 2.75) is 33.1 Å². The Morgan fingerprint density at radius 1 is 1.00 bits per heavy atom. The fraction of sp³-hybridized carbons (Fsp3) is 0.706. The molecule has 0 aromatic carbocycles. The summed E-state index contributed by atoms with van der Waals surface area (Å²) in [5, 5.41) is 0. The zero-order chi connectivity index (χ0) is 16.4. The normalized spacial score (nSPS) is 22.2. The number of carbonyl (C=O) groups excluding carboxylic acids is 1. The Morgan fingerprint density at radius 2 is 1.74 bits per heavy atom. The molecule has 6 nitrogen and oxygen atoms in total. The van der Waals surface area contributed by atoms with Gasteiger partial charge in [-0.05, 0) is 24.7 Å². The van der Waals surface area contributed by atoms with Crippen molar-refractivity contribution < 1.29 is 4.79 Å². The Kier molecular flexibility index (Phi) is 4.41. The Morgan fingerprint density at radius 3 is 2.48 bits per heavy atom. The lowest BCUT2D eigenvalue weighted by atomic mass is 9.85. The van der Waals surface area contributed by atoms with Crippen LogP contribution in [-0.4, -0.2) is 60.5 Å². The SMILES string of the molecule is CN1CCN(c2cc(N3CCCC(C)(C)CC3)ncn2)CC1=O. The molecule has 0 unspecified atom stereocenters. The summed E-state index contributed by atoms with van der Waals surface area (Å²) in [6.45, 7) is 8.74. The van der Waals surface area contributed by atoms with Gasteiger partial charge in [0.15, 0.2) is 0 Å². The molecule has 3 rings (SSSR count). The molecule has 126 valence electrons. The van der Waals surface area contributed by atoms with E-state index in [2.05, 4.69) is 33.6 Å². The van der Waals surface area contributed by atoms with Crippen molar-refractivity contribution in [1.29, 1.82) is 0 Å². The number of hydrogen-bond acceptors (Lipinski definition) is 5. The standard InChI is InChI=1S/C17H27N5O/c1-17(2)5-4-7-21(8-6-17)14-11-15(19-13-18-14)22-10-9-20(3)16(23)12-22/h11,13H,4-10,12H2,1-3H3. The molecule has 0 aliphatic carbocycles. The van der Waals surface area contributed by atoms with Crippen LogP contribution in [0.2, 0.25) is 0 Å². The summed E-state index contributed by atoms with van der Waals surface area (Å²) in [4.78, 5) is 27.0. The molecule has 1 amide bonds. The lowest BCUT2D eigenvalue weighted by Crippen LogP contribution is -2.48. The van der Waals surface area contributed by atoms with E-state index in [-0.39, 0.29) is 5.91 Å². The maximum atomic E-state index is 11.9. The Labute approximate surface area is 138 Å². The van der Waals surface area contributed by atoms with Crippen LogP contribution in [0.25, 0.3) is 0 Å². The summed E-state index contributed by atoms with van der Waals surface area (Å²) >= 11 is 0. The molecule has 6 heteroatoms. The van der Waals surface area contributed by atoms with E-state index in [9.17, 15) is 4.79 Å². The highest BCUT2D eigenvalue weighted by Crippen LogP contribution is 2.31. The largest absolute Gasteiger partial charge is 0.356 e. The molecule has 2 fully saturated rings. The van der Waals surface area contributed by atoms with Crippen LogP contribution in [0.1, 0.15) is 33.1 Å². The summed E-state index contributed by atoms with van der Waals surface area (Å²) in [6.07, 6.45) is 5.26. The molecule has 2 saturated heterocycles. The van der Waals surface area contributed by atoms with Crippen LogP contribution in [0.3, 0.4) is 0 Å². The zero-order valence-electron chi connectivity index (χ0n) is 14.5. The third-order valence-corrected chi connectivity index (χ3v) is 5.08. The van der Waals surface area contributed by atoms with Crippen LogP contribution < -0.4 is 9.80 Å². The van der Waals surface area contributed by atoms with Crippen molar-refractivity contribution in [3.05, 3.63) is 12.4 Å². The van der Waals surface area contributed by atoms with Crippen LogP contribution in [0.4, 0.5) is 11.6 Å². The molecule has 1 aromatic heterocycles. The van der Waals surface area contributed by atoms with E-state index in [0.717, 1.165) is 37.8 Å². The Hall–Kier alpha value is -1.85. The number of anilines is 2. The van der Waals surface area contributed by atoms with Crippen molar-refractivity contribution in [2.75, 3.05) is 49.6 Å². The van der Waals surface area contributed by atoms with Crippen LogP contribution in [0.15, 0.2) is 12.4 Å². The fourth-order valence-electron chi connectivity index (χ4n) is 3.29. The van der Waals surface area contributed by atoms with Crippen molar-refractivity contribution in [1.82, 2.24) is 14.9 Å². The first-order chi connectivity index (χ1) is 10.9. The number of piperazine rings is 1. The number of likely N-dealkylation sites (N-methyl/N-ethyl adjacent to an activating group) is 1. The third kappa shape index (κ3) is 3.74. The van der Waals surface area contributed by atoms with E-state index >= 15 is 0 Å². The average molecular weight is 317 g/mol. The van der Waals surface area contributed by atoms with E-state index in [4.69, 9.17) is 0 Å². The van der Waals surface area contributed by atoms with E-state index in [0.29, 0.717) is 12.0 Å². The van der Waals surface area contributed by atoms with Crippen LogP contribution >= 0.6 is 0 Å². The van der Waals surface area contributed by atoms with Gasteiger partial charge in [0, 0.05) is 39.3 Å².